The summed E-state index contributed by atoms with van der Waals surface area (Å²) in [7, 11) is 0. The molecule has 5 aromatic carbocycles. The molecule has 0 spiro atoms. The maximum absolute atomic E-state index is 12.7. The van der Waals surface area contributed by atoms with Crippen LogP contribution in [-0.4, -0.2) is 23.6 Å². The smallest absolute Gasteiger partial charge is 0.199 e. The molecular formula is C39H38O4. The maximum atomic E-state index is 12.7. The van der Waals surface area contributed by atoms with Gasteiger partial charge in [-0.05, 0) is 27.8 Å². The van der Waals surface area contributed by atoms with Crippen LogP contribution in [0.3, 0.4) is 0 Å². The molecule has 0 aromatic heterocycles. The van der Waals surface area contributed by atoms with Crippen molar-refractivity contribution in [2.24, 2.45) is 0 Å². The second-order valence-electron chi connectivity index (χ2n) is 10.5. The van der Waals surface area contributed by atoms with Crippen LogP contribution < -0.4 is 0 Å². The molecule has 43 heavy (non-hydrogen) atoms. The number of ether oxygens (including phenoxy) is 3. The van der Waals surface area contributed by atoms with Gasteiger partial charge in [-0.25, -0.2) is 0 Å². The lowest BCUT2D eigenvalue weighted by atomic mass is 9.79. The molecular weight excluding hydrogens is 532 g/mol. The molecule has 0 saturated carbocycles. The maximum Gasteiger partial charge on any atom is 0.199 e. The van der Waals surface area contributed by atoms with Crippen LogP contribution in [-0.2, 0) is 33.0 Å². The number of benzene rings is 5. The van der Waals surface area contributed by atoms with Gasteiger partial charge in [0.25, 0.3) is 0 Å². The highest BCUT2D eigenvalue weighted by Gasteiger charge is 2.49. The Labute approximate surface area is 254 Å². The van der Waals surface area contributed by atoms with E-state index >= 15 is 0 Å². The Morgan fingerprint density at radius 1 is 0.581 bits per heavy atom. The summed E-state index contributed by atoms with van der Waals surface area (Å²) >= 11 is 0. The lowest BCUT2D eigenvalue weighted by Crippen LogP contribution is -2.54. The van der Waals surface area contributed by atoms with Crippen LogP contribution >= 0.6 is 0 Å². The van der Waals surface area contributed by atoms with Crippen LogP contribution in [0.2, 0.25) is 0 Å². The summed E-state index contributed by atoms with van der Waals surface area (Å²) in [6, 6.07) is 49.9. The molecule has 0 fully saturated rings. The van der Waals surface area contributed by atoms with Crippen LogP contribution in [0, 0.1) is 0 Å². The Morgan fingerprint density at radius 2 is 0.977 bits per heavy atom. The van der Waals surface area contributed by atoms with E-state index in [0.717, 1.165) is 27.8 Å². The van der Waals surface area contributed by atoms with Crippen molar-refractivity contribution in [3.05, 3.63) is 192 Å². The average molecular weight is 571 g/mol. The third kappa shape index (κ3) is 7.37. The minimum absolute atomic E-state index is 0.0977. The molecule has 4 heteroatoms. The van der Waals surface area contributed by atoms with Crippen molar-refractivity contribution in [1.29, 1.82) is 0 Å². The van der Waals surface area contributed by atoms with Crippen LogP contribution in [0.25, 0.3) is 0 Å². The summed E-state index contributed by atoms with van der Waals surface area (Å²) in [6.45, 7) is 4.73. The van der Waals surface area contributed by atoms with E-state index in [1.165, 1.54) is 0 Å². The summed E-state index contributed by atoms with van der Waals surface area (Å²) in [4.78, 5) is 0. The number of hydrogen-bond donors (Lipinski definition) is 1. The molecule has 0 saturated heterocycles. The minimum Gasteiger partial charge on any atom is -0.374 e. The summed E-state index contributed by atoms with van der Waals surface area (Å²) in [6.07, 6.45) is 0.918. The van der Waals surface area contributed by atoms with E-state index in [1.807, 2.05) is 152 Å². The Morgan fingerprint density at radius 3 is 1.40 bits per heavy atom. The normalized spacial score (nSPS) is 13.6. The zero-order chi connectivity index (χ0) is 29.8. The van der Waals surface area contributed by atoms with Crippen molar-refractivity contribution < 1.29 is 19.3 Å². The largest absolute Gasteiger partial charge is 0.374 e. The fourth-order valence-electron chi connectivity index (χ4n) is 5.34. The van der Waals surface area contributed by atoms with Gasteiger partial charge in [-0.1, -0.05) is 158 Å². The van der Waals surface area contributed by atoms with Crippen LogP contribution in [0.5, 0.6) is 0 Å². The molecule has 5 aromatic rings. The highest BCUT2D eigenvalue weighted by atomic mass is 16.7. The van der Waals surface area contributed by atoms with Crippen molar-refractivity contribution in [2.45, 2.75) is 37.1 Å². The third-order valence-electron chi connectivity index (χ3n) is 7.49. The Hall–Kier alpha value is -4.32. The van der Waals surface area contributed by atoms with Crippen LogP contribution in [0.1, 0.15) is 34.2 Å². The van der Waals surface area contributed by atoms with E-state index in [9.17, 15) is 5.11 Å². The topological polar surface area (TPSA) is 47.9 Å². The standard InChI is InChI=1S/C39H38O4/c1-2-28-38(40,37(42-30-33-20-10-4-11-21-33)31-41-29-32-18-8-3-9-19-32)43-39(34-22-12-5-13-23-34,35-24-14-6-15-25-35)36-26-16-7-17-27-36/h2-27,37,40H,1,28-31H2/t37-,38+/m0/s1. The zero-order valence-corrected chi connectivity index (χ0v) is 24.3. The van der Waals surface area contributed by atoms with Gasteiger partial charge in [-0.2, -0.15) is 0 Å². The summed E-state index contributed by atoms with van der Waals surface area (Å²) in [5.41, 5.74) is 3.47. The number of rotatable bonds is 15. The molecule has 0 aliphatic rings. The van der Waals surface area contributed by atoms with Crippen molar-refractivity contribution in [1.82, 2.24) is 0 Å². The van der Waals surface area contributed by atoms with Gasteiger partial charge in [-0.3, -0.25) is 0 Å². The molecule has 0 aliphatic carbocycles. The van der Waals surface area contributed by atoms with Crippen LogP contribution in [0.4, 0.5) is 0 Å². The van der Waals surface area contributed by atoms with Gasteiger partial charge < -0.3 is 19.3 Å². The van der Waals surface area contributed by atoms with E-state index in [2.05, 4.69) is 6.58 Å². The third-order valence-corrected chi connectivity index (χ3v) is 7.49. The van der Waals surface area contributed by atoms with Gasteiger partial charge in [0.15, 0.2) is 5.79 Å². The molecule has 0 amide bonds. The first-order valence-electron chi connectivity index (χ1n) is 14.6. The fourth-order valence-corrected chi connectivity index (χ4v) is 5.34. The van der Waals surface area contributed by atoms with E-state index in [1.54, 1.807) is 6.08 Å². The van der Waals surface area contributed by atoms with Crippen molar-refractivity contribution in [3.8, 4) is 0 Å². The lowest BCUT2D eigenvalue weighted by Gasteiger charge is -2.45. The fraction of sp³-hybridized carbons (Fsp3) is 0.179. The first-order chi connectivity index (χ1) is 21.1. The molecule has 4 nitrogen and oxygen atoms in total. The van der Waals surface area contributed by atoms with Crippen molar-refractivity contribution in [2.75, 3.05) is 6.61 Å². The van der Waals surface area contributed by atoms with Gasteiger partial charge in [0.05, 0.1) is 19.8 Å². The van der Waals surface area contributed by atoms with E-state index in [-0.39, 0.29) is 19.6 Å². The predicted molar refractivity (Wildman–Crippen MR) is 171 cm³/mol. The second-order valence-corrected chi connectivity index (χ2v) is 10.5. The first-order valence-corrected chi connectivity index (χ1v) is 14.6. The second kappa shape index (κ2) is 14.7. The molecule has 0 aliphatic heterocycles. The molecule has 0 heterocycles. The monoisotopic (exact) mass is 570 g/mol. The first kappa shape index (κ1) is 30.1. The SMILES string of the molecule is C=CC[C@@](O)(OC(c1ccccc1)(c1ccccc1)c1ccccc1)[C@H](COCc1ccccc1)OCc1ccccc1. The molecule has 0 radical (unpaired) electrons. The predicted octanol–water partition coefficient (Wildman–Crippen LogP) is 8.06. The minimum atomic E-state index is -1.82. The average Bonchev–Trinajstić information content (AvgIpc) is 3.07. The number of aliphatic hydroxyl groups is 1. The Bertz CT molecular complexity index is 1410. The quantitative estimate of drug-likeness (QED) is 0.0786. The van der Waals surface area contributed by atoms with Crippen LogP contribution in [0.15, 0.2) is 164 Å². The Balaban J connectivity index is 1.58. The van der Waals surface area contributed by atoms with Gasteiger partial charge in [0, 0.05) is 6.42 Å². The number of hydrogen-bond acceptors (Lipinski definition) is 4. The molecule has 2 atom stereocenters. The summed E-state index contributed by atoms with van der Waals surface area (Å²) in [5.74, 6) is -1.82. The highest BCUT2D eigenvalue weighted by Crippen LogP contribution is 2.45. The van der Waals surface area contributed by atoms with Gasteiger partial charge >= 0.3 is 0 Å². The van der Waals surface area contributed by atoms with Crippen molar-refractivity contribution >= 4 is 0 Å². The van der Waals surface area contributed by atoms with E-state index < -0.39 is 17.5 Å². The molecule has 5 rings (SSSR count). The molecule has 0 unspecified atom stereocenters. The highest BCUT2D eigenvalue weighted by molar-refractivity contribution is 5.47. The lowest BCUT2D eigenvalue weighted by molar-refractivity contribution is -0.307. The van der Waals surface area contributed by atoms with Crippen molar-refractivity contribution in [3.63, 3.8) is 0 Å². The zero-order valence-electron chi connectivity index (χ0n) is 24.3. The van der Waals surface area contributed by atoms with E-state index in [0.29, 0.717) is 6.61 Å². The summed E-state index contributed by atoms with van der Waals surface area (Å²) in [5, 5.41) is 12.7. The molecule has 1 N–H and O–H groups in total. The van der Waals surface area contributed by atoms with Gasteiger partial charge in [-0.15, -0.1) is 6.58 Å². The van der Waals surface area contributed by atoms with Gasteiger partial charge in [0.2, 0.25) is 0 Å². The Kier molecular flexibility index (Phi) is 10.3. The molecule has 0 bridgehead atoms. The van der Waals surface area contributed by atoms with E-state index in [4.69, 9.17) is 14.2 Å². The summed E-state index contributed by atoms with van der Waals surface area (Å²) < 4.78 is 19.8. The van der Waals surface area contributed by atoms with Gasteiger partial charge in [0.1, 0.15) is 11.7 Å². The molecule has 218 valence electrons.